The molecular formula is C27H49N3O6. The van der Waals surface area contributed by atoms with Crippen molar-refractivity contribution in [2.24, 2.45) is 0 Å². The molecule has 0 radical (unpaired) electrons. The van der Waals surface area contributed by atoms with Gasteiger partial charge in [0.25, 0.3) is 0 Å². The van der Waals surface area contributed by atoms with Crippen LogP contribution < -0.4 is 16.0 Å². The zero-order valence-corrected chi connectivity index (χ0v) is 22.9. The number of ether oxygens (including phenoxy) is 1. The summed E-state index contributed by atoms with van der Waals surface area (Å²) in [6.45, 7) is 11.7. The number of carbonyl (C=O) groups is 4. The number of aliphatic carboxylic acids is 1. The lowest BCUT2D eigenvalue weighted by Crippen LogP contribution is -2.43. The molecule has 1 atom stereocenters. The third-order valence-corrected chi connectivity index (χ3v) is 5.48. The number of hydrogen-bond donors (Lipinski definition) is 4. The van der Waals surface area contributed by atoms with E-state index in [1.165, 1.54) is 25.7 Å². The lowest BCUT2D eigenvalue weighted by molar-refractivity contribution is -0.139. The first-order valence-corrected chi connectivity index (χ1v) is 13.3. The number of nitrogens with one attached hydrogen (secondary N) is 3. The molecule has 0 saturated carbocycles. The van der Waals surface area contributed by atoms with Crippen LogP contribution in [0, 0.1) is 0 Å². The maximum absolute atomic E-state index is 12.0. The zero-order valence-electron chi connectivity index (χ0n) is 22.9. The molecule has 0 aliphatic heterocycles. The number of hydrogen-bond acceptors (Lipinski definition) is 5. The Morgan fingerprint density at radius 1 is 0.806 bits per heavy atom. The Morgan fingerprint density at radius 3 is 1.83 bits per heavy atom. The van der Waals surface area contributed by atoms with Gasteiger partial charge in [0.1, 0.15) is 11.6 Å². The molecule has 0 aromatic carbocycles. The number of rotatable bonds is 20. The lowest BCUT2D eigenvalue weighted by atomic mass is 10.1. The number of carbonyl (C=O) groups excluding carboxylic acids is 3. The molecule has 0 fully saturated rings. The minimum absolute atomic E-state index is 0.0235. The van der Waals surface area contributed by atoms with Crippen molar-refractivity contribution in [1.82, 2.24) is 16.0 Å². The molecule has 0 spiro atoms. The van der Waals surface area contributed by atoms with Gasteiger partial charge in [-0.15, -0.1) is 0 Å². The molecule has 0 saturated heterocycles. The fourth-order valence-corrected chi connectivity index (χ4v) is 3.50. The van der Waals surface area contributed by atoms with Gasteiger partial charge in [0.2, 0.25) is 11.8 Å². The van der Waals surface area contributed by atoms with Crippen LogP contribution in [0.2, 0.25) is 0 Å². The van der Waals surface area contributed by atoms with Gasteiger partial charge in [-0.25, -0.2) is 9.59 Å². The normalized spacial score (nSPS) is 11.9. The molecule has 0 aliphatic carbocycles. The summed E-state index contributed by atoms with van der Waals surface area (Å²) >= 11 is 0. The summed E-state index contributed by atoms with van der Waals surface area (Å²) in [5.41, 5.74) is -0.144. The minimum atomic E-state index is -1.10. The Bertz CT molecular complexity index is 687. The molecule has 0 bridgehead atoms. The van der Waals surface area contributed by atoms with Crippen LogP contribution in [0.3, 0.4) is 0 Å². The quantitative estimate of drug-likeness (QED) is 0.136. The molecule has 3 amide bonds. The van der Waals surface area contributed by atoms with E-state index in [-0.39, 0.29) is 18.2 Å². The highest BCUT2D eigenvalue weighted by molar-refractivity contribution is 5.92. The van der Waals surface area contributed by atoms with E-state index < -0.39 is 23.7 Å². The van der Waals surface area contributed by atoms with Gasteiger partial charge in [-0.2, -0.15) is 0 Å². The van der Waals surface area contributed by atoms with Crippen LogP contribution in [0.5, 0.6) is 0 Å². The van der Waals surface area contributed by atoms with Gasteiger partial charge in [0.15, 0.2) is 0 Å². The van der Waals surface area contributed by atoms with Crippen molar-refractivity contribution >= 4 is 23.9 Å². The predicted molar refractivity (Wildman–Crippen MR) is 142 cm³/mol. The maximum Gasteiger partial charge on any atom is 0.408 e. The standard InChI is InChI=1S/C27H49N3O6/c1-21(2)24(32)29-20-15-12-10-8-6-7-9-11-13-18-23(31)28-19-16-14-17-22(25(33)34)30-26(35)36-27(3,4)5/h22H,1,6-20H2,2-5H3,(H,28,31)(H,29,32)(H,30,35)(H,33,34)/t22-/m0/s1. The summed E-state index contributed by atoms with van der Waals surface area (Å²) in [5, 5.41) is 17.4. The number of carboxylic acids is 1. The molecule has 9 heteroatoms. The van der Waals surface area contributed by atoms with E-state index in [1.54, 1.807) is 27.7 Å². The lowest BCUT2D eigenvalue weighted by Gasteiger charge is -2.22. The minimum Gasteiger partial charge on any atom is -0.480 e. The average Bonchev–Trinajstić information content (AvgIpc) is 2.77. The Kier molecular flexibility index (Phi) is 18.2. The van der Waals surface area contributed by atoms with Crippen LogP contribution in [0.1, 0.15) is 111 Å². The molecule has 36 heavy (non-hydrogen) atoms. The molecular weight excluding hydrogens is 462 g/mol. The Morgan fingerprint density at radius 2 is 1.31 bits per heavy atom. The molecule has 0 heterocycles. The van der Waals surface area contributed by atoms with Gasteiger partial charge in [0, 0.05) is 25.1 Å². The second-order valence-electron chi connectivity index (χ2n) is 10.4. The Balaban J connectivity index is 3.63. The molecule has 0 aromatic heterocycles. The van der Waals surface area contributed by atoms with E-state index in [0.717, 1.165) is 32.1 Å². The van der Waals surface area contributed by atoms with Crippen LogP contribution in [-0.2, 0) is 19.1 Å². The number of carboxylic acid groups (broad SMARTS) is 1. The van der Waals surface area contributed by atoms with Crippen LogP contribution in [0.25, 0.3) is 0 Å². The summed E-state index contributed by atoms with van der Waals surface area (Å²) in [6.07, 6.45) is 11.2. The van der Waals surface area contributed by atoms with Crippen molar-refractivity contribution in [2.75, 3.05) is 13.1 Å². The third kappa shape index (κ3) is 20.8. The number of alkyl carbamates (subject to hydrolysis) is 1. The van der Waals surface area contributed by atoms with Crippen molar-refractivity contribution in [3.8, 4) is 0 Å². The third-order valence-electron chi connectivity index (χ3n) is 5.48. The Labute approximate surface area is 217 Å². The Hall–Kier alpha value is -2.58. The molecule has 0 rings (SSSR count). The van der Waals surface area contributed by atoms with E-state index in [0.29, 0.717) is 37.9 Å². The van der Waals surface area contributed by atoms with Crippen molar-refractivity contribution < 1.29 is 29.0 Å². The van der Waals surface area contributed by atoms with E-state index in [2.05, 4.69) is 22.5 Å². The summed E-state index contributed by atoms with van der Waals surface area (Å²) in [5.74, 6) is -1.15. The number of unbranched alkanes of at least 4 members (excludes halogenated alkanes) is 9. The smallest absolute Gasteiger partial charge is 0.408 e. The molecule has 208 valence electrons. The molecule has 0 aliphatic rings. The first kappa shape index (κ1) is 33.4. The fourth-order valence-electron chi connectivity index (χ4n) is 3.50. The first-order chi connectivity index (χ1) is 16.9. The second-order valence-corrected chi connectivity index (χ2v) is 10.4. The van der Waals surface area contributed by atoms with Gasteiger partial charge in [0.05, 0.1) is 0 Å². The summed E-state index contributed by atoms with van der Waals surface area (Å²) < 4.78 is 5.10. The van der Waals surface area contributed by atoms with Crippen molar-refractivity contribution in [1.29, 1.82) is 0 Å². The highest BCUT2D eigenvalue weighted by atomic mass is 16.6. The number of amides is 3. The SMILES string of the molecule is C=C(C)C(=O)NCCCCCCCCCCCC(=O)NCCCC[C@H](NC(=O)OC(C)(C)C)C(=O)O. The van der Waals surface area contributed by atoms with Crippen LogP contribution in [0.4, 0.5) is 4.79 Å². The van der Waals surface area contributed by atoms with Crippen molar-refractivity contribution in [3.63, 3.8) is 0 Å². The first-order valence-electron chi connectivity index (χ1n) is 13.3. The van der Waals surface area contributed by atoms with Crippen molar-refractivity contribution in [3.05, 3.63) is 12.2 Å². The molecule has 0 unspecified atom stereocenters. The van der Waals surface area contributed by atoms with Crippen LogP contribution in [-0.4, -0.2) is 53.7 Å². The topological polar surface area (TPSA) is 134 Å². The van der Waals surface area contributed by atoms with Crippen molar-refractivity contribution in [2.45, 2.75) is 123 Å². The van der Waals surface area contributed by atoms with E-state index in [9.17, 15) is 24.3 Å². The highest BCUT2D eigenvalue weighted by Gasteiger charge is 2.23. The largest absolute Gasteiger partial charge is 0.480 e. The predicted octanol–water partition coefficient (Wildman–Crippen LogP) is 4.84. The van der Waals surface area contributed by atoms with Gasteiger partial charge in [-0.05, 0) is 59.8 Å². The average molecular weight is 512 g/mol. The van der Waals surface area contributed by atoms with Gasteiger partial charge in [-0.3, -0.25) is 9.59 Å². The summed E-state index contributed by atoms with van der Waals surface area (Å²) in [6, 6.07) is -1.01. The van der Waals surface area contributed by atoms with Crippen LogP contribution in [0.15, 0.2) is 12.2 Å². The highest BCUT2D eigenvalue weighted by Crippen LogP contribution is 2.11. The van der Waals surface area contributed by atoms with E-state index in [4.69, 9.17) is 4.74 Å². The van der Waals surface area contributed by atoms with Gasteiger partial charge >= 0.3 is 12.1 Å². The van der Waals surface area contributed by atoms with E-state index in [1.807, 2.05) is 0 Å². The monoisotopic (exact) mass is 511 g/mol. The second kappa shape index (κ2) is 19.6. The van der Waals surface area contributed by atoms with Crippen LogP contribution >= 0.6 is 0 Å². The van der Waals surface area contributed by atoms with Gasteiger partial charge in [-0.1, -0.05) is 51.5 Å². The van der Waals surface area contributed by atoms with Gasteiger partial charge < -0.3 is 25.8 Å². The molecule has 9 nitrogen and oxygen atoms in total. The zero-order chi connectivity index (χ0) is 27.4. The summed E-state index contributed by atoms with van der Waals surface area (Å²) in [7, 11) is 0. The fraction of sp³-hybridized carbons (Fsp3) is 0.778. The van der Waals surface area contributed by atoms with E-state index >= 15 is 0 Å². The maximum atomic E-state index is 12.0. The summed E-state index contributed by atoms with van der Waals surface area (Å²) in [4.78, 5) is 46.4. The molecule has 4 N–H and O–H groups in total. The molecule has 0 aromatic rings.